The van der Waals surface area contributed by atoms with Gasteiger partial charge in [-0.3, -0.25) is 0 Å². The molecule has 3 aliphatic heterocycles. The fraction of sp³-hybridized carbons (Fsp3) is 0.269. The van der Waals surface area contributed by atoms with Crippen molar-refractivity contribution in [2.45, 2.75) is 31.8 Å². The minimum atomic E-state index is -1.06. The molecule has 3 heterocycles. The number of hydrogen-bond acceptors (Lipinski definition) is 4. The number of rotatable bonds is 1. The van der Waals surface area contributed by atoms with Crippen LogP contribution in [0.3, 0.4) is 0 Å². The molecule has 1 fully saturated rings. The van der Waals surface area contributed by atoms with E-state index < -0.39 is 5.60 Å². The maximum atomic E-state index is 12.9. The zero-order chi connectivity index (χ0) is 21.2. The summed E-state index contributed by atoms with van der Waals surface area (Å²) in [4.78, 5) is 15.3. The molecule has 3 aromatic rings. The van der Waals surface area contributed by atoms with Crippen LogP contribution in [-0.2, 0) is 10.3 Å². The molecule has 1 saturated heterocycles. The summed E-state index contributed by atoms with van der Waals surface area (Å²) in [7, 11) is 0. The Balaban J connectivity index is 1.60. The van der Waals surface area contributed by atoms with E-state index in [0.29, 0.717) is 16.3 Å². The molecule has 3 aromatic carbocycles. The Morgan fingerprint density at radius 2 is 1.68 bits per heavy atom. The first-order chi connectivity index (χ1) is 15.1. The fourth-order valence-electron chi connectivity index (χ4n) is 5.13. The topological polar surface area (TPSA) is 38.8 Å². The average molecular weight is 432 g/mol. The van der Waals surface area contributed by atoms with Crippen molar-refractivity contribution in [2.24, 2.45) is 0 Å². The maximum absolute atomic E-state index is 12.9. The molecule has 0 aromatic heterocycles. The van der Waals surface area contributed by atoms with E-state index in [0.717, 1.165) is 46.8 Å². The molecule has 1 spiro atoms. The molecule has 0 radical (unpaired) electrons. The van der Waals surface area contributed by atoms with Crippen molar-refractivity contribution in [3.05, 3.63) is 87.4 Å². The lowest BCUT2D eigenvalue weighted by atomic mass is 9.77. The normalized spacial score (nSPS) is 21.2. The molecule has 4 nitrogen and oxygen atoms in total. The lowest BCUT2D eigenvalue weighted by Gasteiger charge is -2.38. The summed E-state index contributed by atoms with van der Waals surface area (Å²) in [5, 5.41) is 0.621. The van der Waals surface area contributed by atoms with Crippen molar-refractivity contribution in [2.75, 3.05) is 18.0 Å². The van der Waals surface area contributed by atoms with Gasteiger partial charge in [-0.15, -0.1) is 0 Å². The number of piperidine rings is 1. The molecule has 1 unspecified atom stereocenters. The van der Waals surface area contributed by atoms with Gasteiger partial charge in [-0.2, -0.15) is 0 Å². The summed E-state index contributed by atoms with van der Waals surface area (Å²) in [6, 6.07) is 17.6. The fourth-order valence-corrected chi connectivity index (χ4v) is 5.29. The molecule has 6 rings (SSSR count). The summed E-state index contributed by atoms with van der Waals surface area (Å²) in [5.74, 6) is 1.07. The smallest absolute Gasteiger partial charge is 0.340 e. The second kappa shape index (κ2) is 6.76. The van der Waals surface area contributed by atoms with E-state index in [1.165, 1.54) is 19.3 Å². The summed E-state index contributed by atoms with van der Waals surface area (Å²) >= 11 is 6.52. The zero-order valence-corrected chi connectivity index (χ0v) is 18.0. The number of esters is 1. The Kier molecular flexibility index (Phi) is 4.09. The van der Waals surface area contributed by atoms with Crippen LogP contribution in [0.4, 0.5) is 5.69 Å². The van der Waals surface area contributed by atoms with E-state index >= 15 is 0 Å². The van der Waals surface area contributed by atoms with Crippen LogP contribution in [0, 0.1) is 6.92 Å². The van der Waals surface area contributed by atoms with Gasteiger partial charge in [-0.25, -0.2) is 4.79 Å². The molecule has 5 heteroatoms. The molecule has 156 valence electrons. The number of hydrogen-bond donors (Lipinski definition) is 0. The number of nitrogens with zero attached hydrogens (tertiary/aromatic N) is 1. The first kappa shape index (κ1) is 18.8. The van der Waals surface area contributed by atoms with Gasteiger partial charge in [0.05, 0.1) is 5.56 Å². The van der Waals surface area contributed by atoms with Crippen LogP contribution in [0.2, 0.25) is 5.02 Å². The Morgan fingerprint density at radius 3 is 2.52 bits per heavy atom. The highest BCUT2D eigenvalue weighted by atomic mass is 35.5. The molecule has 31 heavy (non-hydrogen) atoms. The predicted molar refractivity (Wildman–Crippen MR) is 121 cm³/mol. The molecule has 0 bridgehead atoms. The van der Waals surface area contributed by atoms with Crippen LogP contribution in [0.25, 0.3) is 0 Å². The first-order valence-electron chi connectivity index (χ1n) is 10.8. The number of carbonyl (C=O) groups excluding carboxylic acids is 1. The summed E-state index contributed by atoms with van der Waals surface area (Å²) in [5.41, 5.74) is 4.01. The Bertz CT molecular complexity index is 1230. The van der Waals surface area contributed by atoms with E-state index in [4.69, 9.17) is 21.1 Å². The lowest BCUT2D eigenvalue weighted by Crippen LogP contribution is -2.34. The minimum Gasteiger partial charge on any atom is -0.456 e. The van der Waals surface area contributed by atoms with E-state index in [-0.39, 0.29) is 5.97 Å². The summed E-state index contributed by atoms with van der Waals surface area (Å²) in [6.45, 7) is 4.05. The highest BCUT2D eigenvalue weighted by molar-refractivity contribution is 6.31. The molecule has 3 aliphatic rings. The van der Waals surface area contributed by atoms with Gasteiger partial charge < -0.3 is 14.4 Å². The molecule has 0 saturated carbocycles. The van der Waals surface area contributed by atoms with Crippen molar-refractivity contribution in [1.29, 1.82) is 0 Å². The van der Waals surface area contributed by atoms with E-state index in [9.17, 15) is 4.79 Å². The van der Waals surface area contributed by atoms with Crippen LogP contribution in [-0.4, -0.2) is 19.1 Å². The van der Waals surface area contributed by atoms with Gasteiger partial charge in [0, 0.05) is 46.6 Å². The van der Waals surface area contributed by atoms with Crippen molar-refractivity contribution in [1.82, 2.24) is 0 Å². The molecule has 0 aliphatic carbocycles. The van der Waals surface area contributed by atoms with Gasteiger partial charge in [0.15, 0.2) is 5.60 Å². The van der Waals surface area contributed by atoms with Crippen LogP contribution < -0.4 is 9.64 Å². The van der Waals surface area contributed by atoms with Gasteiger partial charge in [0.25, 0.3) is 0 Å². The first-order valence-corrected chi connectivity index (χ1v) is 11.2. The number of benzene rings is 3. The largest absolute Gasteiger partial charge is 0.456 e. The highest BCUT2D eigenvalue weighted by Gasteiger charge is 2.53. The lowest BCUT2D eigenvalue weighted by molar-refractivity contribution is 0.0224. The number of anilines is 1. The quantitative estimate of drug-likeness (QED) is 0.429. The summed E-state index contributed by atoms with van der Waals surface area (Å²) < 4.78 is 12.6. The molecular formula is C26H22ClNO3. The van der Waals surface area contributed by atoms with Gasteiger partial charge in [-0.05, 0) is 62.1 Å². The van der Waals surface area contributed by atoms with Crippen LogP contribution in [0.1, 0.15) is 51.9 Å². The average Bonchev–Trinajstić information content (AvgIpc) is 3.09. The zero-order valence-electron chi connectivity index (χ0n) is 17.3. The van der Waals surface area contributed by atoms with Crippen LogP contribution in [0.15, 0.2) is 54.6 Å². The maximum Gasteiger partial charge on any atom is 0.340 e. The number of ether oxygens (including phenoxy) is 2. The van der Waals surface area contributed by atoms with Gasteiger partial charge in [0.1, 0.15) is 11.5 Å². The number of carbonyl (C=O) groups is 1. The summed E-state index contributed by atoms with van der Waals surface area (Å²) in [6.07, 6.45) is 3.68. The molecule has 1 atom stereocenters. The third-order valence-corrected chi connectivity index (χ3v) is 7.11. The molecule has 0 amide bonds. The Hall–Kier alpha value is -2.98. The second-order valence-electron chi connectivity index (χ2n) is 8.54. The number of aryl methyl sites for hydroxylation is 1. The number of halogens is 1. The van der Waals surface area contributed by atoms with Crippen molar-refractivity contribution in [3.8, 4) is 11.5 Å². The SMILES string of the molecule is Cc1cc2c(cc1Cl)C1(OC(=O)c3ccccc31)c1ccc(N3CCCCC3)cc1O2. The van der Waals surface area contributed by atoms with Gasteiger partial charge in [-0.1, -0.05) is 29.8 Å². The second-order valence-corrected chi connectivity index (χ2v) is 8.95. The monoisotopic (exact) mass is 431 g/mol. The van der Waals surface area contributed by atoms with E-state index in [1.54, 1.807) is 0 Å². The third kappa shape index (κ3) is 2.64. The van der Waals surface area contributed by atoms with Gasteiger partial charge in [0.2, 0.25) is 0 Å². The van der Waals surface area contributed by atoms with E-state index in [2.05, 4.69) is 17.0 Å². The Labute approximate surface area is 186 Å². The van der Waals surface area contributed by atoms with E-state index in [1.807, 2.05) is 49.4 Å². The predicted octanol–water partition coefficient (Wildman–Crippen LogP) is 6.21. The third-order valence-electron chi connectivity index (χ3n) is 6.70. The number of fused-ring (bicyclic) bond motifs is 6. The Morgan fingerprint density at radius 1 is 0.903 bits per heavy atom. The van der Waals surface area contributed by atoms with Crippen molar-refractivity contribution < 1.29 is 14.3 Å². The van der Waals surface area contributed by atoms with Gasteiger partial charge >= 0.3 is 5.97 Å². The minimum absolute atomic E-state index is 0.328. The molecular weight excluding hydrogens is 410 g/mol. The van der Waals surface area contributed by atoms with Crippen LogP contribution >= 0.6 is 11.6 Å². The van der Waals surface area contributed by atoms with Crippen molar-refractivity contribution >= 4 is 23.3 Å². The van der Waals surface area contributed by atoms with Crippen molar-refractivity contribution in [3.63, 3.8) is 0 Å². The standard InChI is InChI=1S/C26H22ClNO3/c1-16-13-23-21(15-22(16)27)26(19-8-4-3-7-18(19)25(29)31-26)20-10-9-17(14-24(20)30-23)28-11-5-2-6-12-28/h3-4,7-10,13-15H,2,5-6,11-12H2,1H3. The van der Waals surface area contributed by atoms with Crippen LogP contribution in [0.5, 0.6) is 11.5 Å². The highest BCUT2D eigenvalue weighted by Crippen LogP contribution is 2.57. The molecule has 0 N–H and O–H groups in total.